The summed E-state index contributed by atoms with van der Waals surface area (Å²) in [6, 6.07) is 0. The number of hydrogen-bond acceptors (Lipinski definition) is 3. The average Bonchev–Trinajstić information content (AvgIpc) is 2.13. The van der Waals surface area contributed by atoms with Crippen molar-refractivity contribution in [2.45, 2.75) is 13.8 Å². The lowest BCUT2D eigenvalue weighted by atomic mass is 10.3. The number of nitrogens with zero attached hydrogens (tertiary/aromatic N) is 2. The number of amides is 1. The fraction of sp³-hybridized carbons (Fsp3) is 0.800. The molecule has 0 N–H and O–H groups in total. The summed E-state index contributed by atoms with van der Waals surface area (Å²) in [6.45, 7) is 5.94. The molecule has 0 aliphatic rings. The van der Waals surface area contributed by atoms with Gasteiger partial charge in [-0.15, -0.1) is 0 Å². The number of quaternary nitrogens is 1. The molecule has 0 atom stereocenters. The summed E-state index contributed by atoms with van der Waals surface area (Å²) in [6.07, 6.45) is 0.834. The Kier molecular flexibility index (Phi) is 5.57. The van der Waals surface area contributed by atoms with Crippen molar-refractivity contribution in [1.29, 1.82) is 0 Å². The number of hydrogen-bond donors (Lipinski definition) is 0. The van der Waals surface area contributed by atoms with Gasteiger partial charge in [-0.2, -0.15) is 0 Å². The third kappa shape index (κ3) is 3.20. The predicted octanol–water partition coefficient (Wildman–Crippen LogP) is 0.130. The van der Waals surface area contributed by atoms with Gasteiger partial charge in [0.25, 0.3) is 0 Å². The van der Waals surface area contributed by atoms with Crippen LogP contribution in [0.3, 0.4) is 0 Å². The van der Waals surface area contributed by atoms with Crippen LogP contribution in [0, 0.1) is 0 Å². The van der Waals surface area contributed by atoms with E-state index in [0.717, 1.165) is 6.29 Å². The number of aldehydes is 1. The molecule has 0 saturated carbocycles. The lowest BCUT2D eigenvalue weighted by molar-refractivity contribution is -0.842. The molecule has 0 heterocycles. The summed E-state index contributed by atoms with van der Waals surface area (Å²) >= 11 is 0. The maximum Gasteiger partial charge on any atom is 0.328 e. The highest BCUT2D eigenvalue weighted by Crippen LogP contribution is 2.06. The normalized spacial score (nSPS) is 11.8. The van der Waals surface area contributed by atoms with Crippen molar-refractivity contribution in [3.8, 4) is 0 Å². The third-order valence-corrected chi connectivity index (χ3v) is 2.62. The maximum absolute atomic E-state index is 11.9. The minimum absolute atomic E-state index is 0.118. The Hall–Kier alpha value is -0.740. The van der Waals surface area contributed by atoms with E-state index in [1.54, 1.807) is 0 Å². The molecule has 0 aliphatic heterocycles. The minimum atomic E-state index is 0.118. The molecule has 0 rings (SSSR count). The molecule has 0 saturated heterocycles. The van der Waals surface area contributed by atoms with Gasteiger partial charge in [-0.25, -0.2) is 4.79 Å². The van der Waals surface area contributed by atoms with Crippen LogP contribution in [-0.4, -0.2) is 61.9 Å². The van der Waals surface area contributed by atoms with Crippen molar-refractivity contribution < 1.29 is 14.1 Å². The Morgan fingerprint density at radius 1 is 1.29 bits per heavy atom. The van der Waals surface area contributed by atoms with Gasteiger partial charge in [0.2, 0.25) is 0 Å². The highest BCUT2D eigenvalue weighted by molar-refractivity contribution is 5.72. The smallest absolute Gasteiger partial charge is 0.297 e. The summed E-state index contributed by atoms with van der Waals surface area (Å²) in [7, 11) is 3.72. The molecule has 0 radical (unpaired) electrons. The number of rotatable bonds is 6. The predicted molar refractivity (Wildman–Crippen MR) is 55.8 cm³/mol. The van der Waals surface area contributed by atoms with Crippen molar-refractivity contribution in [3.05, 3.63) is 0 Å². The average molecular weight is 201 g/mol. The van der Waals surface area contributed by atoms with E-state index in [0.29, 0.717) is 26.2 Å². The first kappa shape index (κ1) is 13.3. The SMILES string of the molecule is CC[N+](CC)(CC=O)C(=O)CN(C)C. The number of carbonyl (C=O) groups excluding carboxylic acids is 2. The van der Waals surface area contributed by atoms with Crippen molar-refractivity contribution in [1.82, 2.24) is 4.90 Å². The van der Waals surface area contributed by atoms with E-state index in [9.17, 15) is 9.59 Å². The van der Waals surface area contributed by atoms with Gasteiger partial charge in [-0.1, -0.05) is 0 Å². The van der Waals surface area contributed by atoms with E-state index >= 15 is 0 Å². The molecule has 4 heteroatoms. The van der Waals surface area contributed by atoms with Crippen molar-refractivity contribution in [2.24, 2.45) is 0 Å². The molecule has 0 aromatic rings. The minimum Gasteiger partial charge on any atom is -0.297 e. The molecule has 4 nitrogen and oxygen atoms in total. The van der Waals surface area contributed by atoms with Gasteiger partial charge in [0.05, 0.1) is 13.1 Å². The van der Waals surface area contributed by atoms with Crippen LogP contribution < -0.4 is 0 Å². The van der Waals surface area contributed by atoms with Crippen LogP contribution in [0.2, 0.25) is 0 Å². The second-order valence-electron chi connectivity index (χ2n) is 3.76. The van der Waals surface area contributed by atoms with Gasteiger partial charge in [0.1, 0.15) is 13.1 Å². The van der Waals surface area contributed by atoms with Gasteiger partial charge < -0.3 is 0 Å². The Balaban J connectivity index is 4.61. The van der Waals surface area contributed by atoms with Crippen molar-refractivity contribution in [3.63, 3.8) is 0 Å². The first-order chi connectivity index (χ1) is 6.52. The van der Waals surface area contributed by atoms with E-state index in [2.05, 4.69) is 0 Å². The molecule has 0 spiro atoms. The molecule has 1 amide bonds. The standard InChI is InChI=1S/C10H21N2O2/c1-5-12(6-2,7-8-13)10(14)9-11(3)4/h8H,5-7,9H2,1-4H3/q+1. The first-order valence-corrected chi connectivity index (χ1v) is 5.00. The Morgan fingerprint density at radius 2 is 1.79 bits per heavy atom. The second-order valence-corrected chi connectivity index (χ2v) is 3.76. The van der Waals surface area contributed by atoms with Gasteiger partial charge in [0, 0.05) is 0 Å². The molecule has 0 unspecified atom stereocenters. The Bertz CT molecular complexity index is 198. The molecule has 0 aromatic heterocycles. The summed E-state index contributed by atoms with van der Waals surface area (Å²) < 4.78 is 0.266. The fourth-order valence-corrected chi connectivity index (χ4v) is 1.50. The van der Waals surface area contributed by atoms with Crippen LogP contribution >= 0.6 is 0 Å². The second kappa shape index (κ2) is 5.88. The molecule has 0 fully saturated rings. The zero-order valence-electron chi connectivity index (χ0n) is 9.62. The molecular weight excluding hydrogens is 180 g/mol. The van der Waals surface area contributed by atoms with Crippen molar-refractivity contribution >= 4 is 12.2 Å². The molecule has 0 aromatic carbocycles. The van der Waals surface area contributed by atoms with Gasteiger partial charge in [0.15, 0.2) is 6.29 Å². The van der Waals surface area contributed by atoms with Gasteiger partial charge >= 0.3 is 5.91 Å². The molecule has 14 heavy (non-hydrogen) atoms. The summed E-state index contributed by atoms with van der Waals surface area (Å²) in [5.74, 6) is 0.118. The molecule has 0 aliphatic carbocycles. The third-order valence-electron chi connectivity index (χ3n) is 2.62. The highest BCUT2D eigenvalue weighted by Gasteiger charge is 2.32. The van der Waals surface area contributed by atoms with E-state index in [1.165, 1.54) is 0 Å². The van der Waals surface area contributed by atoms with Crippen LogP contribution in [-0.2, 0) is 9.59 Å². The summed E-state index contributed by atoms with van der Waals surface area (Å²) in [4.78, 5) is 24.3. The Morgan fingerprint density at radius 3 is 2.07 bits per heavy atom. The summed E-state index contributed by atoms with van der Waals surface area (Å²) in [5.41, 5.74) is 0. The largest absolute Gasteiger partial charge is 0.328 e. The molecular formula is C10H21N2O2+. The fourth-order valence-electron chi connectivity index (χ4n) is 1.50. The number of likely N-dealkylation sites (N-methyl/N-ethyl adjacent to an activating group) is 2. The van der Waals surface area contributed by atoms with E-state index < -0.39 is 0 Å². The zero-order valence-corrected chi connectivity index (χ0v) is 9.62. The topological polar surface area (TPSA) is 37.4 Å². The Labute approximate surface area is 86.1 Å². The van der Waals surface area contributed by atoms with Gasteiger partial charge in [-0.05, 0) is 27.9 Å². The molecule has 82 valence electrons. The quantitative estimate of drug-likeness (QED) is 0.453. The van der Waals surface area contributed by atoms with Gasteiger partial charge in [-0.3, -0.25) is 14.2 Å². The van der Waals surface area contributed by atoms with Crippen LogP contribution in [0.1, 0.15) is 13.8 Å². The van der Waals surface area contributed by atoms with E-state index in [1.807, 2.05) is 32.8 Å². The van der Waals surface area contributed by atoms with Crippen molar-refractivity contribution in [2.75, 3.05) is 40.3 Å². The highest BCUT2D eigenvalue weighted by atomic mass is 16.2. The van der Waals surface area contributed by atoms with Crippen LogP contribution in [0.4, 0.5) is 0 Å². The lowest BCUT2D eigenvalue weighted by Crippen LogP contribution is -2.56. The van der Waals surface area contributed by atoms with Crippen LogP contribution in [0.15, 0.2) is 0 Å². The van der Waals surface area contributed by atoms with E-state index in [-0.39, 0.29) is 10.4 Å². The lowest BCUT2D eigenvalue weighted by Gasteiger charge is -2.32. The zero-order chi connectivity index (χ0) is 11.2. The van der Waals surface area contributed by atoms with Crippen LogP contribution in [0.5, 0.6) is 0 Å². The first-order valence-electron chi connectivity index (χ1n) is 5.00. The number of carbonyl (C=O) groups is 2. The maximum atomic E-state index is 11.9. The molecule has 0 bridgehead atoms. The monoisotopic (exact) mass is 201 g/mol. The van der Waals surface area contributed by atoms with E-state index in [4.69, 9.17) is 0 Å². The summed E-state index contributed by atoms with van der Waals surface area (Å²) in [5, 5.41) is 0. The van der Waals surface area contributed by atoms with Crippen LogP contribution in [0.25, 0.3) is 0 Å².